The number of hydrogen-bond donors (Lipinski definition) is 2. The summed E-state index contributed by atoms with van der Waals surface area (Å²) >= 11 is 0. The second kappa shape index (κ2) is 7.26. The number of methoxy groups -OCH3 is 2. The molecule has 4 nitrogen and oxygen atoms in total. The standard InChI is InChI=1S/C9H20O4/c1-7(5-10)9(13-3)4-8(6-11)12-2/h7-11H,4-6H2,1-3H3/t7-,8-,9+/m0/s1. The van der Waals surface area contributed by atoms with Gasteiger partial charge >= 0.3 is 0 Å². The van der Waals surface area contributed by atoms with E-state index in [-0.39, 0.29) is 31.3 Å². The van der Waals surface area contributed by atoms with Crippen LogP contribution in [-0.2, 0) is 9.47 Å². The summed E-state index contributed by atoms with van der Waals surface area (Å²) in [4.78, 5) is 0. The van der Waals surface area contributed by atoms with Crippen LogP contribution in [-0.4, -0.2) is 49.9 Å². The maximum Gasteiger partial charge on any atom is 0.0826 e. The molecule has 0 aromatic rings. The SMILES string of the molecule is CO[C@H](CO)C[C@@H](OC)[C@@H](C)CO. The van der Waals surface area contributed by atoms with Crippen LogP contribution in [0.15, 0.2) is 0 Å². The zero-order valence-electron chi connectivity index (χ0n) is 8.56. The fraction of sp³-hybridized carbons (Fsp3) is 1.00. The first kappa shape index (κ1) is 12.8. The van der Waals surface area contributed by atoms with Gasteiger partial charge in [0.1, 0.15) is 0 Å². The quantitative estimate of drug-likeness (QED) is 0.597. The zero-order chi connectivity index (χ0) is 10.3. The maximum absolute atomic E-state index is 8.91. The number of aliphatic hydroxyl groups excluding tert-OH is 2. The minimum atomic E-state index is -0.209. The molecule has 0 saturated heterocycles. The van der Waals surface area contributed by atoms with Gasteiger partial charge in [-0.3, -0.25) is 0 Å². The highest BCUT2D eigenvalue weighted by molar-refractivity contribution is 4.70. The van der Waals surface area contributed by atoms with E-state index in [1.807, 2.05) is 6.92 Å². The Balaban J connectivity index is 3.94. The number of ether oxygens (including phenoxy) is 2. The minimum absolute atomic E-state index is 0.0193. The molecule has 4 heteroatoms. The third kappa shape index (κ3) is 4.57. The molecule has 0 bridgehead atoms. The van der Waals surface area contributed by atoms with Crippen molar-refractivity contribution < 1.29 is 19.7 Å². The van der Waals surface area contributed by atoms with E-state index in [1.54, 1.807) is 14.2 Å². The average Bonchev–Trinajstić information content (AvgIpc) is 2.19. The Bertz CT molecular complexity index is 114. The molecule has 0 unspecified atom stereocenters. The van der Waals surface area contributed by atoms with E-state index in [2.05, 4.69) is 0 Å². The molecule has 0 rings (SSSR count). The molecular weight excluding hydrogens is 172 g/mol. The van der Waals surface area contributed by atoms with Gasteiger partial charge in [0.05, 0.1) is 18.8 Å². The van der Waals surface area contributed by atoms with Crippen LogP contribution in [0.2, 0.25) is 0 Å². The molecule has 0 aromatic heterocycles. The van der Waals surface area contributed by atoms with Crippen LogP contribution in [0.5, 0.6) is 0 Å². The molecule has 0 saturated carbocycles. The lowest BCUT2D eigenvalue weighted by Crippen LogP contribution is -2.30. The van der Waals surface area contributed by atoms with Crippen LogP contribution in [0, 0.1) is 5.92 Å². The van der Waals surface area contributed by atoms with Crippen LogP contribution >= 0.6 is 0 Å². The Morgan fingerprint density at radius 1 is 1.08 bits per heavy atom. The predicted molar refractivity (Wildman–Crippen MR) is 49.5 cm³/mol. The number of aliphatic hydroxyl groups is 2. The number of rotatable bonds is 7. The second-order valence-electron chi connectivity index (χ2n) is 3.21. The highest BCUT2D eigenvalue weighted by Gasteiger charge is 2.20. The van der Waals surface area contributed by atoms with Crippen molar-refractivity contribution in [1.29, 1.82) is 0 Å². The molecule has 80 valence electrons. The van der Waals surface area contributed by atoms with Gasteiger partial charge in [-0.25, -0.2) is 0 Å². The summed E-state index contributed by atoms with van der Waals surface area (Å²) in [6, 6.07) is 0. The van der Waals surface area contributed by atoms with E-state index >= 15 is 0 Å². The topological polar surface area (TPSA) is 58.9 Å². The van der Waals surface area contributed by atoms with Gasteiger partial charge in [-0.2, -0.15) is 0 Å². The van der Waals surface area contributed by atoms with Crippen molar-refractivity contribution in [3.05, 3.63) is 0 Å². The molecule has 0 fully saturated rings. The molecule has 0 amide bonds. The predicted octanol–water partition coefficient (Wildman–Crippen LogP) is 0.0272. The summed E-state index contributed by atoms with van der Waals surface area (Å²) < 4.78 is 10.2. The van der Waals surface area contributed by atoms with Gasteiger partial charge in [-0.15, -0.1) is 0 Å². The van der Waals surface area contributed by atoms with E-state index in [1.165, 1.54) is 0 Å². The molecule has 0 aliphatic carbocycles. The largest absolute Gasteiger partial charge is 0.396 e. The first-order valence-corrected chi connectivity index (χ1v) is 4.46. The molecular formula is C9H20O4. The first-order valence-electron chi connectivity index (χ1n) is 4.46. The lowest BCUT2D eigenvalue weighted by atomic mass is 10.00. The van der Waals surface area contributed by atoms with Crippen LogP contribution in [0.3, 0.4) is 0 Å². The third-order valence-corrected chi connectivity index (χ3v) is 2.26. The minimum Gasteiger partial charge on any atom is -0.396 e. The fourth-order valence-electron chi connectivity index (χ4n) is 1.18. The lowest BCUT2D eigenvalue weighted by molar-refractivity contribution is -0.0312. The van der Waals surface area contributed by atoms with E-state index < -0.39 is 0 Å². The van der Waals surface area contributed by atoms with Crippen LogP contribution < -0.4 is 0 Å². The van der Waals surface area contributed by atoms with Crippen LogP contribution in [0.4, 0.5) is 0 Å². The van der Waals surface area contributed by atoms with Crippen molar-refractivity contribution in [1.82, 2.24) is 0 Å². The van der Waals surface area contributed by atoms with Crippen LogP contribution in [0.1, 0.15) is 13.3 Å². The van der Waals surface area contributed by atoms with Crippen molar-refractivity contribution in [2.24, 2.45) is 5.92 Å². The Morgan fingerprint density at radius 2 is 1.69 bits per heavy atom. The normalized spacial score (nSPS) is 18.2. The molecule has 0 radical (unpaired) electrons. The fourth-order valence-corrected chi connectivity index (χ4v) is 1.18. The smallest absolute Gasteiger partial charge is 0.0826 e. The van der Waals surface area contributed by atoms with Gasteiger partial charge in [0.25, 0.3) is 0 Å². The van der Waals surface area contributed by atoms with Gasteiger partial charge in [0.15, 0.2) is 0 Å². The summed E-state index contributed by atoms with van der Waals surface area (Å²) in [5.74, 6) is 0.0641. The van der Waals surface area contributed by atoms with Crippen molar-refractivity contribution in [3.8, 4) is 0 Å². The summed E-state index contributed by atoms with van der Waals surface area (Å²) in [5, 5.41) is 17.8. The molecule has 3 atom stereocenters. The average molecular weight is 192 g/mol. The molecule has 0 aromatic carbocycles. The van der Waals surface area contributed by atoms with Gasteiger partial charge in [-0.1, -0.05) is 6.92 Å². The summed E-state index contributed by atoms with van der Waals surface area (Å²) in [6.45, 7) is 1.97. The van der Waals surface area contributed by atoms with E-state index in [4.69, 9.17) is 19.7 Å². The Kier molecular flexibility index (Phi) is 7.17. The summed E-state index contributed by atoms with van der Waals surface area (Å²) in [7, 11) is 3.15. The highest BCUT2D eigenvalue weighted by Crippen LogP contribution is 2.13. The lowest BCUT2D eigenvalue weighted by Gasteiger charge is -2.24. The first-order chi connectivity index (χ1) is 6.19. The zero-order valence-corrected chi connectivity index (χ0v) is 8.56. The van der Waals surface area contributed by atoms with Crippen molar-refractivity contribution in [2.45, 2.75) is 25.6 Å². The van der Waals surface area contributed by atoms with E-state index in [0.717, 1.165) is 0 Å². The molecule has 0 aliphatic rings. The monoisotopic (exact) mass is 192 g/mol. The van der Waals surface area contributed by atoms with Crippen molar-refractivity contribution >= 4 is 0 Å². The number of hydrogen-bond acceptors (Lipinski definition) is 4. The maximum atomic E-state index is 8.91. The Hall–Kier alpha value is -0.160. The Morgan fingerprint density at radius 3 is 2.00 bits per heavy atom. The van der Waals surface area contributed by atoms with Gasteiger partial charge < -0.3 is 19.7 Å². The molecule has 0 spiro atoms. The van der Waals surface area contributed by atoms with Crippen LogP contribution in [0.25, 0.3) is 0 Å². The van der Waals surface area contributed by atoms with Gasteiger partial charge in [0, 0.05) is 33.2 Å². The molecule has 0 heterocycles. The van der Waals surface area contributed by atoms with Gasteiger partial charge in [-0.05, 0) is 0 Å². The third-order valence-electron chi connectivity index (χ3n) is 2.26. The molecule has 2 N–H and O–H groups in total. The summed E-state index contributed by atoms with van der Waals surface area (Å²) in [5.41, 5.74) is 0. The molecule has 0 aliphatic heterocycles. The van der Waals surface area contributed by atoms with Crippen molar-refractivity contribution in [2.75, 3.05) is 27.4 Å². The van der Waals surface area contributed by atoms with Gasteiger partial charge in [0.2, 0.25) is 0 Å². The van der Waals surface area contributed by atoms with Crippen molar-refractivity contribution in [3.63, 3.8) is 0 Å². The van der Waals surface area contributed by atoms with E-state index in [9.17, 15) is 0 Å². The molecule has 13 heavy (non-hydrogen) atoms. The van der Waals surface area contributed by atoms with E-state index in [0.29, 0.717) is 6.42 Å². The summed E-state index contributed by atoms with van der Waals surface area (Å²) in [6.07, 6.45) is 0.326. The Labute approximate surface area is 79.5 Å². The highest BCUT2D eigenvalue weighted by atomic mass is 16.5. The second-order valence-corrected chi connectivity index (χ2v) is 3.21.